The van der Waals surface area contributed by atoms with E-state index in [4.69, 9.17) is 8.85 Å². The van der Waals surface area contributed by atoms with Gasteiger partial charge in [0, 0.05) is 27.3 Å². The predicted molar refractivity (Wildman–Crippen MR) is 156 cm³/mol. The van der Waals surface area contributed by atoms with E-state index >= 15 is 4.39 Å². The van der Waals surface area contributed by atoms with Crippen LogP contribution in [0.15, 0.2) is 76.3 Å². The number of aromatic nitrogens is 2. The van der Waals surface area contributed by atoms with E-state index in [-0.39, 0.29) is 17.0 Å². The van der Waals surface area contributed by atoms with Gasteiger partial charge in [0.25, 0.3) is 5.56 Å². The SMILES string of the molecule is [2H]C(C(=O)O)C([2H])([2H])CN[C@H](Cn1c(=O)c(-c2cccc(OC)c2F)c(C)n(Cc2c(F)cccc2C(F)(F)F)c1=O)c1ccccc1. The van der Waals surface area contributed by atoms with Crippen molar-refractivity contribution in [2.45, 2.75) is 45.0 Å². The molecule has 0 fully saturated rings. The summed E-state index contributed by atoms with van der Waals surface area (Å²) in [5.74, 6) is -4.30. The molecule has 0 saturated heterocycles. The summed E-state index contributed by atoms with van der Waals surface area (Å²) in [5.41, 5.74) is -5.21. The number of hydrogen-bond donors (Lipinski definition) is 2. The molecular formula is C32H30F5N3O5. The Morgan fingerprint density at radius 3 is 2.36 bits per heavy atom. The molecule has 0 amide bonds. The van der Waals surface area contributed by atoms with Gasteiger partial charge < -0.3 is 15.2 Å². The smallest absolute Gasteiger partial charge is 0.416 e. The van der Waals surface area contributed by atoms with Crippen LogP contribution in [0.25, 0.3) is 11.1 Å². The molecule has 0 saturated carbocycles. The van der Waals surface area contributed by atoms with Crippen LogP contribution >= 0.6 is 0 Å². The fourth-order valence-electron chi connectivity index (χ4n) is 4.94. The van der Waals surface area contributed by atoms with Crippen LogP contribution in [0.2, 0.25) is 0 Å². The summed E-state index contributed by atoms with van der Waals surface area (Å²) >= 11 is 0. The summed E-state index contributed by atoms with van der Waals surface area (Å²) < 4.78 is 103. The van der Waals surface area contributed by atoms with Gasteiger partial charge >= 0.3 is 17.8 Å². The van der Waals surface area contributed by atoms with Crippen molar-refractivity contribution in [1.82, 2.24) is 14.5 Å². The van der Waals surface area contributed by atoms with Crippen molar-refractivity contribution in [2.75, 3.05) is 13.7 Å². The van der Waals surface area contributed by atoms with Crippen molar-refractivity contribution >= 4 is 5.97 Å². The molecule has 0 aliphatic rings. The average molecular weight is 635 g/mol. The van der Waals surface area contributed by atoms with E-state index in [0.717, 1.165) is 16.7 Å². The molecule has 4 rings (SSSR count). The summed E-state index contributed by atoms with van der Waals surface area (Å²) in [6.45, 7) is -1.15. The molecule has 1 aromatic heterocycles. The molecule has 4 aromatic rings. The van der Waals surface area contributed by atoms with Crippen molar-refractivity contribution in [3.63, 3.8) is 0 Å². The maximum Gasteiger partial charge on any atom is 0.416 e. The zero-order chi connectivity index (χ0) is 35.6. The molecule has 0 radical (unpaired) electrons. The van der Waals surface area contributed by atoms with E-state index in [0.29, 0.717) is 16.2 Å². The number of carbonyl (C=O) groups is 1. The topological polar surface area (TPSA) is 103 Å². The number of rotatable bonds is 12. The minimum absolute atomic E-state index is 0.274. The predicted octanol–water partition coefficient (Wildman–Crippen LogP) is 5.54. The van der Waals surface area contributed by atoms with Gasteiger partial charge in [-0.1, -0.05) is 48.5 Å². The van der Waals surface area contributed by atoms with Crippen molar-refractivity contribution in [2.24, 2.45) is 0 Å². The Morgan fingerprint density at radius 2 is 1.71 bits per heavy atom. The fourth-order valence-corrected chi connectivity index (χ4v) is 4.94. The first-order valence-corrected chi connectivity index (χ1v) is 13.4. The molecule has 0 aliphatic heterocycles. The fraction of sp³-hybridized carbons (Fsp3) is 0.281. The molecular weight excluding hydrogens is 601 g/mol. The number of aliphatic carboxylic acids is 1. The molecule has 238 valence electrons. The molecule has 8 nitrogen and oxygen atoms in total. The Hall–Kier alpha value is -4.78. The Morgan fingerprint density at radius 1 is 1.02 bits per heavy atom. The van der Waals surface area contributed by atoms with Crippen molar-refractivity contribution in [1.29, 1.82) is 0 Å². The van der Waals surface area contributed by atoms with Gasteiger partial charge in [-0.05, 0) is 43.6 Å². The second kappa shape index (κ2) is 13.9. The van der Waals surface area contributed by atoms with Gasteiger partial charge in [-0.25, -0.2) is 13.6 Å². The number of methoxy groups -OCH3 is 1. The van der Waals surface area contributed by atoms with Crippen LogP contribution in [0, 0.1) is 18.6 Å². The van der Waals surface area contributed by atoms with Gasteiger partial charge in [0.2, 0.25) is 0 Å². The molecule has 2 atom stereocenters. The van der Waals surface area contributed by atoms with E-state index in [1.807, 2.05) is 0 Å². The molecule has 13 heteroatoms. The molecule has 2 N–H and O–H groups in total. The van der Waals surface area contributed by atoms with Gasteiger partial charge in [0.1, 0.15) is 5.82 Å². The van der Waals surface area contributed by atoms with E-state index < -0.39 is 90.2 Å². The van der Waals surface area contributed by atoms with E-state index in [9.17, 15) is 37.1 Å². The minimum Gasteiger partial charge on any atom is -0.494 e. The van der Waals surface area contributed by atoms with E-state index in [1.54, 1.807) is 30.3 Å². The number of halogens is 5. The number of carboxylic acids is 1. The second-order valence-corrected chi connectivity index (χ2v) is 9.86. The Kier molecular flexibility index (Phi) is 8.94. The third-order valence-corrected chi connectivity index (χ3v) is 7.12. The quantitative estimate of drug-likeness (QED) is 0.199. The number of ether oxygens (including phenoxy) is 1. The van der Waals surface area contributed by atoms with Crippen LogP contribution in [-0.4, -0.2) is 33.9 Å². The summed E-state index contributed by atoms with van der Waals surface area (Å²) in [6, 6.07) is 12.9. The van der Waals surface area contributed by atoms with E-state index in [2.05, 4.69) is 5.32 Å². The Balaban J connectivity index is 1.97. The highest BCUT2D eigenvalue weighted by molar-refractivity contribution is 5.68. The maximum absolute atomic E-state index is 15.6. The average Bonchev–Trinajstić information content (AvgIpc) is 3.03. The largest absolute Gasteiger partial charge is 0.494 e. The zero-order valence-electron chi connectivity index (χ0n) is 27.0. The van der Waals surface area contributed by atoms with Crippen LogP contribution in [0.3, 0.4) is 0 Å². The van der Waals surface area contributed by atoms with Crippen molar-refractivity contribution in [3.05, 3.63) is 122 Å². The normalized spacial score (nSPS) is 14.2. The molecule has 0 spiro atoms. The van der Waals surface area contributed by atoms with Crippen LogP contribution < -0.4 is 21.3 Å². The third-order valence-electron chi connectivity index (χ3n) is 7.12. The highest BCUT2D eigenvalue weighted by Gasteiger charge is 2.35. The van der Waals surface area contributed by atoms with Crippen LogP contribution in [0.1, 0.15) is 45.3 Å². The molecule has 1 heterocycles. The number of carboxylic acid groups (broad SMARTS) is 1. The molecule has 1 unspecified atom stereocenters. The summed E-state index contributed by atoms with van der Waals surface area (Å²) in [7, 11) is 1.17. The minimum atomic E-state index is -5.02. The first kappa shape index (κ1) is 29.0. The van der Waals surface area contributed by atoms with Gasteiger partial charge in [-0.15, -0.1) is 0 Å². The lowest BCUT2D eigenvalue weighted by atomic mass is 10.0. The number of hydrogen-bond acceptors (Lipinski definition) is 5. The Bertz CT molecular complexity index is 1930. The standard InChI is InChI=1S/C32H30F5N3O5/c1-19-28(21-11-6-14-26(45-2)29(21)34)30(43)40(18-25(20-9-4-3-5-10-20)38-16-8-15-27(41)42)31(44)39(19)17-22-23(32(35,36)37)12-7-13-24(22)33/h3-7,9-14,25,38H,8,15-18H2,1-2H3,(H,41,42)/t25-/m1/s1/i8D2,15D/t15?,25-. The van der Waals surface area contributed by atoms with Gasteiger partial charge in [0.05, 0.1) is 37.4 Å². The molecule has 45 heavy (non-hydrogen) atoms. The van der Waals surface area contributed by atoms with Crippen molar-refractivity contribution < 1.29 is 40.7 Å². The van der Waals surface area contributed by atoms with Crippen LogP contribution in [-0.2, 0) is 24.1 Å². The van der Waals surface area contributed by atoms with Gasteiger partial charge in [-0.2, -0.15) is 13.2 Å². The number of nitrogens with zero attached hydrogens (tertiary/aromatic N) is 2. The molecule has 0 aliphatic carbocycles. The number of nitrogens with one attached hydrogen (secondary N) is 1. The third kappa shape index (κ3) is 7.31. The summed E-state index contributed by atoms with van der Waals surface area (Å²) in [5, 5.41) is 11.9. The Labute approximate surface area is 258 Å². The van der Waals surface area contributed by atoms with Gasteiger partial charge in [0.15, 0.2) is 11.6 Å². The first-order valence-electron chi connectivity index (χ1n) is 15.0. The summed E-state index contributed by atoms with van der Waals surface area (Å²) in [4.78, 5) is 39.5. The summed E-state index contributed by atoms with van der Waals surface area (Å²) in [6.07, 6.45) is -9.85. The van der Waals surface area contributed by atoms with Crippen molar-refractivity contribution in [3.8, 4) is 16.9 Å². The number of alkyl halides is 3. The monoisotopic (exact) mass is 634 g/mol. The van der Waals surface area contributed by atoms with Crippen LogP contribution in [0.5, 0.6) is 5.75 Å². The second-order valence-electron chi connectivity index (χ2n) is 9.86. The highest BCUT2D eigenvalue weighted by Crippen LogP contribution is 2.34. The lowest BCUT2D eigenvalue weighted by Gasteiger charge is -2.23. The molecule has 3 aromatic carbocycles. The maximum atomic E-state index is 15.6. The number of benzene rings is 3. The van der Waals surface area contributed by atoms with E-state index in [1.165, 1.54) is 32.2 Å². The highest BCUT2D eigenvalue weighted by atomic mass is 19.4. The molecule has 0 bridgehead atoms. The lowest BCUT2D eigenvalue weighted by Crippen LogP contribution is -2.45. The van der Waals surface area contributed by atoms with Gasteiger partial charge in [-0.3, -0.25) is 18.7 Å². The zero-order valence-corrected chi connectivity index (χ0v) is 24.0. The first-order chi connectivity index (χ1) is 22.5. The lowest BCUT2D eigenvalue weighted by molar-refractivity contribution is -0.138. The van der Waals surface area contributed by atoms with Crippen LogP contribution in [0.4, 0.5) is 22.0 Å².